The van der Waals surface area contributed by atoms with E-state index in [1.165, 1.54) is 83.5 Å². The van der Waals surface area contributed by atoms with Gasteiger partial charge in [0.15, 0.2) is 0 Å². The molecule has 0 unspecified atom stereocenters. The van der Waals surface area contributed by atoms with Crippen molar-refractivity contribution in [3.05, 3.63) is 0 Å². The largest absolute Gasteiger partial charge is 0.381 e. The Labute approximate surface area is 116 Å². The lowest BCUT2D eigenvalue weighted by Crippen LogP contribution is -1.97. The van der Waals surface area contributed by atoms with E-state index in [1.54, 1.807) is 0 Å². The van der Waals surface area contributed by atoms with Gasteiger partial charge >= 0.3 is 0 Å². The van der Waals surface area contributed by atoms with Crippen molar-refractivity contribution >= 4 is 0 Å². The van der Waals surface area contributed by atoms with E-state index in [1.807, 2.05) is 0 Å². The first-order valence-electron chi connectivity index (χ1n) is 8.49. The second-order valence-corrected chi connectivity index (χ2v) is 5.50. The lowest BCUT2D eigenvalue weighted by atomic mass is 10.1. The molecule has 0 atom stereocenters. The third-order valence-corrected chi connectivity index (χ3v) is 3.53. The molecule has 110 valence electrons. The summed E-state index contributed by atoms with van der Waals surface area (Å²) in [6.45, 7) is 6.52. The quantitative estimate of drug-likeness (QED) is 0.321. The minimum absolute atomic E-state index is 0.988. The molecule has 0 aromatic carbocycles. The first-order valence-corrected chi connectivity index (χ1v) is 8.49. The Morgan fingerprint density at radius 2 is 0.778 bits per heavy atom. The maximum Gasteiger partial charge on any atom is 0.0466 e. The second kappa shape index (κ2) is 17.0. The lowest BCUT2D eigenvalue weighted by Gasteiger charge is -2.04. The van der Waals surface area contributed by atoms with E-state index in [-0.39, 0.29) is 0 Å². The number of rotatable bonds is 15. The average Bonchev–Trinajstić information content (AvgIpc) is 2.39. The van der Waals surface area contributed by atoms with E-state index in [4.69, 9.17) is 4.74 Å². The van der Waals surface area contributed by atoms with Crippen LogP contribution < -0.4 is 0 Å². The maximum absolute atomic E-state index is 5.67. The number of hydrogen-bond acceptors (Lipinski definition) is 1. The van der Waals surface area contributed by atoms with Crippen LogP contribution in [-0.4, -0.2) is 13.2 Å². The monoisotopic (exact) mass is 256 g/mol. The zero-order valence-electron chi connectivity index (χ0n) is 13.0. The zero-order valence-corrected chi connectivity index (χ0v) is 13.0. The summed E-state index contributed by atoms with van der Waals surface area (Å²) in [4.78, 5) is 0. The van der Waals surface area contributed by atoms with Crippen molar-refractivity contribution in [3.63, 3.8) is 0 Å². The van der Waals surface area contributed by atoms with Crippen molar-refractivity contribution < 1.29 is 4.74 Å². The highest BCUT2D eigenvalue weighted by atomic mass is 16.5. The predicted octanol–water partition coefficient (Wildman–Crippen LogP) is 6.11. The fourth-order valence-corrected chi connectivity index (χ4v) is 2.25. The summed E-state index contributed by atoms with van der Waals surface area (Å²) in [5, 5.41) is 0. The van der Waals surface area contributed by atoms with Crippen molar-refractivity contribution in [1.82, 2.24) is 0 Å². The molecule has 0 aliphatic rings. The molecule has 0 N–H and O–H groups in total. The molecule has 0 aromatic heterocycles. The smallest absolute Gasteiger partial charge is 0.0466 e. The van der Waals surface area contributed by atoms with E-state index in [0.29, 0.717) is 0 Å². The Hall–Kier alpha value is -0.0400. The number of hydrogen-bond donors (Lipinski definition) is 0. The van der Waals surface area contributed by atoms with Crippen LogP contribution in [0.1, 0.15) is 97.3 Å². The van der Waals surface area contributed by atoms with E-state index in [9.17, 15) is 0 Å². The zero-order chi connectivity index (χ0) is 13.3. The Balaban J connectivity index is 2.86. The highest BCUT2D eigenvalue weighted by Gasteiger charge is 1.93. The maximum atomic E-state index is 5.67. The van der Waals surface area contributed by atoms with Gasteiger partial charge in [0.25, 0.3) is 0 Å². The fourth-order valence-electron chi connectivity index (χ4n) is 2.25. The predicted molar refractivity (Wildman–Crippen MR) is 82.2 cm³/mol. The molecule has 0 heterocycles. The van der Waals surface area contributed by atoms with Crippen LogP contribution in [0.3, 0.4) is 0 Å². The number of ether oxygens (including phenoxy) is 1. The Morgan fingerprint density at radius 1 is 0.444 bits per heavy atom. The van der Waals surface area contributed by atoms with Gasteiger partial charge in [-0.2, -0.15) is 0 Å². The summed E-state index contributed by atoms with van der Waals surface area (Å²) < 4.78 is 5.67. The standard InChI is InChI=1S/C17H36O/c1-3-5-7-9-11-13-15-17-18-16-14-12-10-8-6-4-2/h3-17H2,1-2H3. The molecule has 0 rings (SSSR count). The van der Waals surface area contributed by atoms with E-state index in [0.717, 1.165) is 13.2 Å². The van der Waals surface area contributed by atoms with Gasteiger partial charge < -0.3 is 4.74 Å². The molecule has 0 aromatic rings. The summed E-state index contributed by atoms with van der Waals surface area (Å²) in [6.07, 6.45) is 17.8. The minimum atomic E-state index is 0.988. The van der Waals surface area contributed by atoms with Crippen molar-refractivity contribution in [2.24, 2.45) is 0 Å². The van der Waals surface area contributed by atoms with Crippen molar-refractivity contribution in [3.8, 4) is 0 Å². The molecule has 0 spiro atoms. The molecule has 0 bridgehead atoms. The molecule has 0 amide bonds. The van der Waals surface area contributed by atoms with Crippen LogP contribution in [0.15, 0.2) is 0 Å². The Kier molecular flexibility index (Phi) is 16.9. The SMILES string of the molecule is CCCCCCCCCOCCCCCCCC. The van der Waals surface area contributed by atoms with Gasteiger partial charge in [0, 0.05) is 13.2 Å². The van der Waals surface area contributed by atoms with Gasteiger partial charge in [-0.25, -0.2) is 0 Å². The van der Waals surface area contributed by atoms with Crippen LogP contribution in [0.25, 0.3) is 0 Å². The van der Waals surface area contributed by atoms with Gasteiger partial charge in [0.1, 0.15) is 0 Å². The molecule has 1 nitrogen and oxygen atoms in total. The van der Waals surface area contributed by atoms with E-state index >= 15 is 0 Å². The van der Waals surface area contributed by atoms with Gasteiger partial charge in [-0.15, -0.1) is 0 Å². The lowest BCUT2D eigenvalue weighted by molar-refractivity contribution is 0.125. The third kappa shape index (κ3) is 16.0. The van der Waals surface area contributed by atoms with Crippen LogP contribution in [0, 0.1) is 0 Å². The topological polar surface area (TPSA) is 9.23 Å². The van der Waals surface area contributed by atoms with Gasteiger partial charge in [-0.3, -0.25) is 0 Å². The normalized spacial score (nSPS) is 11.0. The van der Waals surface area contributed by atoms with Crippen LogP contribution in [-0.2, 0) is 4.74 Å². The summed E-state index contributed by atoms with van der Waals surface area (Å²) in [5.74, 6) is 0. The highest BCUT2D eigenvalue weighted by Crippen LogP contribution is 2.07. The molecule has 1 heteroatoms. The van der Waals surface area contributed by atoms with Crippen LogP contribution in [0.2, 0.25) is 0 Å². The van der Waals surface area contributed by atoms with Crippen molar-refractivity contribution in [2.75, 3.05) is 13.2 Å². The Bertz CT molecular complexity index is 118. The van der Waals surface area contributed by atoms with E-state index < -0.39 is 0 Å². The molecule has 0 radical (unpaired) electrons. The van der Waals surface area contributed by atoms with Crippen molar-refractivity contribution in [1.29, 1.82) is 0 Å². The molecule has 0 aliphatic heterocycles. The molecule has 0 aliphatic carbocycles. The van der Waals surface area contributed by atoms with Crippen LogP contribution in [0.4, 0.5) is 0 Å². The number of unbranched alkanes of at least 4 members (excludes halogenated alkanes) is 11. The highest BCUT2D eigenvalue weighted by molar-refractivity contribution is 4.46. The van der Waals surface area contributed by atoms with Gasteiger partial charge in [0.2, 0.25) is 0 Å². The average molecular weight is 256 g/mol. The molecule has 0 saturated carbocycles. The van der Waals surface area contributed by atoms with Crippen molar-refractivity contribution in [2.45, 2.75) is 97.3 Å². The molecule has 18 heavy (non-hydrogen) atoms. The minimum Gasteiger partial charge on any atom is -0.381 e. The molecule has 0 fully saturated rings. The third-order valence-electron chi connectivity index (χ3n) is 3.53. The second-order valence-electron chi connectivity index (χ2n) is 5.50. The fraction of sp³-hybridized carbons (Fsp3) is 1.00. The Morgan fingerprint density at radius 3 is 1.17 bits per heavy atom. The van der Waals surface area contributed by atoms with Gasteiger partial charge in [0.05, 0.1) is 0 Å². The molecular weight excluding hydrogens is 220 g/mol. The molecular formula is C17H36O. The van der Waals surface area contributed by atoms with Crippen LogP contribution in [0.5, 0.6) is 0 Å². The first kappa shape index (κ1) is 18.0. The summed E-state index contributed by atoms with van der Waals surface area (Å²) >= 11 is 0. The summed E-state index contributed by atoms with van der Waals surface area (Å²) in [5.41, 5.74) is 0. The van der Waals surface area contributed by atoms with Gasteiger partial charge in [-0.1, -0.05) is 84.5 Å². The summed E-state index contributed by atoms with van der Waals surface area (Å²) in [6, 6.07) is 0. The van der Waals surface area contributed by atoms with Crippen LogP contribution >= 0.6 is 0 Å². The van der Waals surface area contributed by atoms with E-state index in [2.05, 4.69) is 13.8 Å². The molecule has 0 saturated heterocycles. The first-order chi connectivity index (χ1) is 8.91. The van der Waals surface area contributed by atoms with Gasteiger partial charge in [-0.05, 0) is 12.8 Å². The summed E-state index contributed by atoms with van der Waals surface area (Å²) in [7, 11) is 0.